The fourth-order valence-electron chi connectivity index (χ4n) is 3.08. The minimum absolute atomic E-state index is 0.0953. The highest BCUT2D eigenvalue weighted by atomic mass is 19.4. The van der Waals surface area contributed by atoms with E-state index in [-0.39, 0.29) is 12.1 Å². The molecule has 0 aliphatic carbocycles. The van der Waals surface area contributed by atoms with E-state index in [2.05, 4.69) is 13.8 Å². The molecule has 0 radical (unpaired) electrons. The number of hydrogen-bond donors (Lipinski definition) is 1. The smallest absolute Gasteiger partial charge is 0.371 e. The Labute approximate surface area is 117 Å². The number of halogens is 3. The van der Waals surface area contributed by atoms with Gasteiger partial charge in [0, 0.05) is 25.3 Å². The maximum Gasteiger partial charge on any atom is 0.416 e. The summed E-state index contributed by atoms with van der Waals surface area (Å²) in [6.07, 6.45) is -3.22. The number of nitrogens with zero attached hydrogens (tertiary/aromatic N) is 1. The molecular formula is C15H21F3N2. The molecule has 1 aromatic rings. The van der Waals surface area contributed by atoms with E-state index in [9.17, 15) is 13.2 Å². The van der Waals surface area contributed by atoms with E-state index < -0.39 is 11.7 Å². The molecular weight excluding hydrogens is 265 g/mol. The van der Waals surface area contributed by atoms with Crippen molar-refractivity contribution in [2.75, 3.05) is 18.0 Å². The quantitative estimate of drug-likeness (QED) is 0.899. The van der Waals surface area contributed by atoms with E-state index in [1.807, 2.05) is 4.90 Å². The molecule has 0 aromatic heterocycles. The first-order chi connectivity index (χ1) is 9.31. The Bertz CT molecular complexity index is 461. The molecule has 1 aliphatic heterocycles. The molecule has 2 nitrogen and oxygen atoms in total. The van der Waals surface area contributed by atoms with Gasteiger partial charge in [-0.2, -0.15) is 13.2 Å². The average Bonchev–Trinajstić information content (AvgIpc) is 2.35. The summed E-state index contributed by atoms with van der Waals surface area (Å²) in [5.41, 5.74) is 5.60. The molecule has 0 bridgehead atoms. The van der Waals surface area contributed by atoms with Crippen LogP contribution in [0, 0.1) is 11.8 Å². The number of alkyl halides is 3. The average molecular weight is 286 g/mol. The van der Waals surface area contributed by atoms with Crippen molar-refractivity contribution in [3.05, 3.63) is 29.3 Å². The molecule has 1 fully saturated rings. The molecule has 1 saturated heterocycles. The highest BCUT2D eigenvalue weighted by Crippen LogP contribution is 2.35. The third kappa shape index (κ3) is 3.26. The van der Waals surface area contributed by atoms with Gasteiger partial charge in [0.1, 0.15) is 0 Å². The Kier molecular flexibility index (Phi) is 4.28. The monoisotopic (exact) mass is 286 g/mol. The Balaban J connectivity index is 2.33. The summed E-state index contributed by atoms with van der Waals surface area (Å²) in [7, 11) is 0. The van der Waals surface area contributed by atoms with Crippen LogP contribution in [0.15, 0.2) is 18.2 Å². The summed E-state index contributed by atoms with van der Waals surface area (Å²) < 4.78 is 39.2. The molecule has 0 spiro atoms. The summed E-state index contributed by atoms with van der Waals surface area (Å²) >= 11 is 0. The van der Waals surface area contributed by atoms with Crippen molar-refractivity contribution in [2.24, 2.45) is 17.6 Å². The van der Waals surface area contributed by atoms with Crippen molar-refractivity contribution in [3.63, 3.8) is 0 Å². The van der Waals surface area contributed by atoms with Crippen LogP contribution in [0.5, 0.6) is 0 Å². The summed E-state index contributed by atoms with van der Waals surface area (Å²) in [6.45, 7) is 5.80. The molecule has 20 heavy (non-hydrogen) atoms. The van der Waals surface area contributed by atoms with Crippen LogP contribution in [0.1, 0.15) is 31.4 Å². The maximum absolute atomic E-state index is 13.1. The molecule has 0 saturated carbocycles. The topological polar surface area (TPSA) is 29.3 Å². The van der Waals surface area contributed by atoms with Crippen LogP contribution < -0.4 is 10.6 Å². The molecule has 1 heterocycles. The Morgan fingerprint density at radius 1 is 1.20 bits per heavy atom. The van der Waals surface area contributed by atoms with Crippen molar-refractivity contribution in [2.45, 2.75) is 33.0 Å². The molecule has 2 rings (SSSR count). The Hall–Kier alpha value is -1.23. The lowest BCUT2D eigenvalue weighted by molar-refractivity contribution is -0.138. The van der Waals surface area contributed by atoms with Gasteiger partial charge < -0.3 is 10.6 Å². The standard InChI is InChI=1S/C15H21F3N2/c1-10-5-11(2)9-20(8-10)13-4-3-12(7-19)14(6-13)15(16,17)18/h3-4,6,10-11H,5,7-9,19H2,1-2H3. The largest absolute Gasteiger partial charge is 0.416 e. The zero-order valence-corrected chi connectivity index (χ0v) is 11.9. The van der Waals surface area contributed by atoms with Crippen molar-refractivity contribution in [1.29, 1.82) is 0 Å². The molecule has 0 amide bonds. The van der Waals surface area contributed by atoms with Crippen molar-refractivity contribution in [1.82, 2.24) is 0 Å². The van der Waals surface area contributed by atoms with Crippen LogP contribution in [0.3, 0.4) is 0 Å². The molecule has 2 atom stereocenters. The fraction of sp³-hybridized carbons (Fsp3) is 0.600. The van der Waals surface area contributed by atoms with E-state index in [0.29, 0.717) is 17.5 Å². The Morgan fingerprint density at radius 2 is 1.80 bits per heavy atom. The molecule has 1 aromatic carbocycles. The van der Waals surface area contributed by atoms with Gasteiger partial charge in [-0.15, -0.1) is 0 Å². The number of benzene rings is 1. The molecule has 112 valence electrons. The van der Waals surface area contributed by atoms with Gasteiger partial charge in [0.25, 0.3) is 0 Å². The van der Waals surface area contributed by atoms with Crippen LogP contribution in [0.25, 0.3) is 0 Å². The molecule has 2 unspecified atom stereocenters. The minimum atomic E-state index is -4.35. The van der Waals surface area contributed by atoms with Gasteiger partial charge in [0.2, 0.25) is 0 Å². The highest BCUT2D eigenvalue weighted by molar-refractivity contribution is 5.52. The summed E-state index contributed by atoms with van der Waals surface area (Å²) in [5, 5.41) is 0. The van der Waals surface area contributed by atoms with Gasteiger partial charge >= 0.3 is 6.18 Å². The van der Waals surface area contributed by atoms with E-state index >= 15 is 0 Å². The lowest BCUT2D eigenvalue weighted by Gasteiger charge is -2.37. The minimum Gasteiger partial charge on any atom is -0.371 e. The predicted molar refractivity (Wildman–Crippen MR) is 74.5 cm³/mol. The van der Waals surface area contributed by atoms with Gasteiger partial charge in [-0.25, -0.2) is 0 Å². The van der Waals surface area contributed by atoms with E-state index in [4.69, 9.17) is 5.73 Å². The second-order valence-electron chi connectivity index (χ2n) is 5.89. The zero-order chi connectivity index (χ0) is 14.9. The van der Waals surface area contributed by atoms with Gasteiger partial charge in [-0.1, -0.05) is 19.9 Å². The van der Waals surface area contributed by atoms with Crippen LogP contribution in [0.2, 0.25) is 0 Å². The second-order valence-corrected chi connectivity index (χ2v) is 5.89. The van der Waals surface area contributed by atoms with E-state index in [0.717, 1.165) is 19.5 Å². The van der Waals surface area contributed by atoms with E-state index in [1.165, 1.54) is 12.1 Å². The van der Waals surface area contributed by atoms with Crippen LogP contribution >= 0.6 is 0 Å². The van der Waals surface area contributed by atoms with Gasteiger partial charge in [-0.05, 0) is 36.0 Å². The van der Waals surface area contributed by atoms with Crippen molar-refractivity contribution >= 4 is 5.69 Å². The predicted octanol–water partition coefficient (Wildman–Crippen LogP) is 3.65. The fourth-order valence-corrected chi connectivity index (χ4v) is 3.08. The first-order valence-corrected chi connectivity index (χ1v) is 6.96. The SMILES string of the molecule is CC1CC(C)CN(c2ccc(CN)c(C(F)(F)F)c2)C1. The number of rotatable bonds is 2. The molecule has 1 aliphatic rings. The van der Waals surface area contributed by atoms with Crippen LogP contribution in [0.4, 0.5) is 18.9 Å². The molecule has 2 N–H and O–H groups in total. The van der Waals surface area contributed by atoms with Gasteiger partial charge in [0.05, 0.1) is 5.56 Å². The zero-order valence-electron chi connectivity index (χ0n) is 11.9. The number of anilines is 1. The maximum atomic E-state index is 13.1. The third-order valence-electron chi connectivity index (χ3n) is 3.85. The highest BCUT2D eigenvalue weighted by Gasteiger charge is 2.34. The summed E-state index contributed by atoms with van der Waals surface area (Å²) in [4.78, 5) is 2.05. The van der Waals surface area contributed by atoms with Crippen LogP contribution in [-0.4, -0.2) is 13.1 Å². The lowest BCUT2D eigenvalue weighted by Crippen LogP contribution is -2.38. The Morgan fingerprint density at radius 3 is 2.30 bits per heavy atom. The first kappa shape index (κ1) is 15.2. The van der Waals surface area contributed by atoms with E-state index in [1.54, 1.807) is 6.07 Å². The third-order valence-corrected chi connectivity index (χ3v) is 3.85. The summed E-state index contributed by atoms with van der Waals surface area (Å²) in [5.74, 6) is 1.00. The van der Waals surface area contributed by atoms with Gasteiger partial charge in [-0.3, -0.25) is 0 Å². The van der Waals surface area contributed by atoms with Crippen LogP contribution in [-0.2, 0) is 12.7 Å². The first-order valence-electron chi connectivity index (χ1n) is 6.96. The second kappa shape index (κ2) is 5.64. The van der Waals surface area contributed by atoms with Crippen molar-refractivity contribution in [3.8, 4) is 0 Å². The number of hydrogen-bond acceptors (Lipinski definition) is 2. The number of piperidine rings is 1. The van der Waals surface area contributed by atoms with Crippen molar-refractivity contribution < 1.29 is 13.2 Å². The molecule has 5 heteroatoms. The summed E-state index contributed by atoms with van der Waals surface area (Å²) in [6, 6.07) is 4.50. The number of nitrogens with two attached hydrogens (primary N) is 1. The normalized spacial score (nSPS) is 24.0. The van der Waals surface area contributed by atoms with Gasteiger partial charge in [0.15, 0.2) is 0 Å². The lowest BCUT2D eigenvalue weighted by atomic mass is 9.91.